The standard InChI is InChI=1S/C14H12FN5O/c15-10-3-1-9(2-4-10)8-17-14(21)11-7-12(16)20-13(19-11)5-6-18-20/h1-7H,8,16H2,(H,17,21). The van der Waals surface area contributed by atoms with Crippen molar-refractivity contribution in [2.24, 2.45) is 0 Å². The van der Waals surface area contributed by atoms with E-state index in [1.165, 1.54) is 22.7 Å². The number of nitrogens with one attached hydrogen (secondary N) is 1. The summed E-state index contributed by atoms with van der Waals surface area (Å²) in [6.07, 6.45) is 1.55. The van der Waals surface area contributed by atoms with Crippen LogP contribution in [0.15, 0.2) is 42.6 Å². The third kappa shape index (κ3) is 2.66. The van der Waals surface area contributed by atoms with Gasteiger partial charge in [0, 0.05) is 18.7 Å². The first-order valence-electron chi connectivity index (χ1n) is 6.26. The van der Waals surface area contributed by atoms with Gasteiger partial charge in [0.1, 0.15) is 17.3 Å². The molecule has 0 saturated carbocycles. The number of nitrogens with two attached hydrogens (primary N) is 1. The van der Waals surface area contributed by atoms with Crippen LogP contribution in [0.4, 0.5) is 10.2 Å². The van der Waals surface area contributed by atoms with Crippen molar-refractivity contribution in [3.05, 3.63) is 59.7 Å². The van der Waals surface area contributed by atoms with Gasteiger partial charge >= 0.3 is 0 Å². The van der Waals surface area contributed by atoms with Crippen LogP contribution in [-0.2, 0) is 6.54 Å². The molecule has 2 heterocycles. The molecule has 106 valence electrons. The highest BCUT2D eigenvalue weighted by molar-refractivity contribution is 5.93. The highest BCUT2D eigenvalue weighted by Crippen LogP contribution is 2.09. The normalized spacial score (nSPS) is 10.7. The molecule has 0 aliphatic rings. The number of hydrogen-bond acceptors (Lipinski definition) is 4. The van der Waals surface area contributed by atoms with E-state index in [9.17, 15) is 9.18 Å². The van der Waals surface area contributed by atoms with Crippen LogP contribution in [0.5, 0.6) is 0 Å². The third-order valence-electron chi connectivity index (χ3n) is 2.99. The second-order valence-corrected chi connectivity index (χ2v) is 4.48. The van der Waals surface area contributed by atoms with E-state index in [2.05, 4.69) is 15.4 Å². The maximum atomic E-state index is 12.8. The highest BCUT2D eigenvalue weighted by atomic mass is 19.1. The molecule has 0 radical (unpaired) electrons. The molecule has 3 N–H and O–H groups in total. The van der Waals surface area contributed by atoms with Crippen molar-refractivity contribution < 1.29 is 9.18 Å². The van der Waals surface area contributed by atoms with Crippen LogP contribution < -0.4 is 11.1 Å². The number of fused-ring (bicyclic) bond motifs is 1. The Labute approximate surface area is 119 Å². The molecule has 1 amide bonds. The van der Waals surface area contributed by atoms with E-state index in [-0.39, 0.29) is 24.0 Å². The monoisotopic (exact) mass is 285 g/mol. The topological polar surface area (TPSA) is 85.3 Å². The number of benzene rings is 1. The summed E-state index contributed by atoms with van der Waals surface area (Å²) < 4.78 is 14.2. The fourth-order valence-corrected chi connectivity index (χ4v) is 1.93. The summed E-state index contributed by atoms with van der Waals surface area (Å²) in [6.45, 7) is 0.283. The van der Waals surface area contributed by atoms with Gasteiger partial charge in [0.2, 0.25) is 0 Å². The minimum atomic E-state index is -0.352. The predicted octanol–water partition coefficient (Wildman–Crippen LogP) is 1.38. The van der Waals surface area contributed by atoms with E-state index < -0.39 is 0 Å². The number of halogens is 1. The second-order valence-electron chi connectivity index (χ2n) is 4.48. The number of amides is 1. The number of aromatic nitrogens is 3. The Balaban J connectivity index is 1.76. The molecule has 0 unspecified atom stereocenters. The summed E-state index contributed by atoms with van der Waals surface area (Å²) in [4.78, 5) is 16.2. The zero-order chi connectivity index (χ0) is 14.8. The minimum absolute atomic E-state index is 0.211. The summed E-state index contributed by atoms with van der Waals surface area (Å²) in [5.74, 6) is -0.336. The molecule has 0 fully saturated rings. The van der Waals surface area contributed by atoms with Crippen LogP contribution in [0.1, 0.15) is 16.1 Å². The molecular formula is C14H12FN5O. The minimum Gasteiger partial charge on any atom is -0.384 e. The van der Waals surface area contributed by atoms with E-state index >= 15 is 0 Å². The molecule has 1 aromatic carbocycles. The lowest BCUT2D eigenvalue weighted by atomic mass is 10.2. The van der Waals surface area contributed by atoms with Crippen molar-refractivity contribution in [1.82, 2.24) is 19.9 Å². The van der Waals surface area contributed by atoms with Crippen LogP contribution in [0, 0.1) is 5.82 Å². The fraction of sp³-hybridized carbons (Fsp3) is 0.0714. The molecule has 0 aliphatic carbocycles. The third-order valence-corrected chi connectivity index (χ3v) is 2.99. The van der Waals surface area contributed by atoms with E-state index in [1.54, 1.807) is 24.4 Å². The smallest absolute Gasteiger partial charge is 0.270 e. The zero-order valence-corrected chi connectivity index (χ0v) is 11.0. The predicted molar refractivity (Wildman–Crippen MR) is 75.0 cm³/mol. The first-order chi connectivity index (χ1) is 10.1. The Kier molecular flexibility index (Phi) is 3.23. The van der Waals surface area contributed by atoms with E-state index in [4.69, 9.17) is 5.73 Å². The largest absolute Gasteiger partial charge is 0.384 e. The molecule has 0 bridgehead atoms. The fourth-order valence-electron chi connectivity index (χ4n) is 1.93. The van der Waals surface area contributed by atoms with Gasteiger partial charge in [-0.2, -0.15) is 9.61 Å². The maximum Gasteiger partial charge on any atom is 0.270 e. The van der Waals surface area contributed by atoms with Gasteiger partial charge in [-0.1, -0.05) is 12.1 Å². The van der Waals surface area contributed by atoms with Gasteiger partial charge in [0.05, 0.1) is 6.20 Å². The number of rotatable bonds is 3. The first kappa shape index (κ1) is 13.0. The number of anilines is 1. The molecular weight excluding hydrogens is 273 g/mol. The Hall–Kier alpha value is -2.96. The summed E-state index contributed by atoms with van der Waals surface area (Å²) in [5.41, 5.74) is 7.31. The first-order valence-corrected chi connectivity index (χ1v) is 6.26. The quantitative estimate of drug-likeness (QED) is 0.761. The van der Waals surface area contributed by atoms with Crippen molar-refractivity contribution in [3.8, 4) is 0 Å². The Bertz CT molecular complexity index is 797. The van der Waals surface area contributed by atoms with Crippen molar-refractivity contribution in [3.63, 3.8) is 0 Å². The van der Waals surface area contributed by atoms with Gasteiger partial charge < -0.3 is 11.1 Å². The van der Waals surface area contributed by atoms with Crippen molar-refractivity contribution in [1.29, 1.82) is 0 Å². The van der Waals surface area contributed by atoms with Crippen LogP contribution in [0.3, 0.4) is 0 Å². The number of carbonyl (C=O) groups excluding carboxylic acids is 1. The number of carbonyl (C=O) groups is 1. The van der Waals surface area contributed by atoms with Crippen LogP contribution >= 0.6 is 0 Å². The van der Waals surface area contributed by atoms with E-state index in [0.717, 1.165) is 5.56 Å². The maximum absolute atomic E-state index is 12.8. The Morgan fingerprint density at radius 3 is 2.81 bits per heavy atom. The lowest BCUT2D eigenvalue weighted by Gasteiger charge is -2.06. The molecule has 6 nitrogen and oxygen atoms in total. The van der Waals surface area contributed by atoms with Crippen molar-refractivity contribution >= 4 is 17.4 Å². The SMILES string of the molecule is Nc1cc(C(=O)NCc2ccc(F)cc2)nc2ccnn12. The lowest BCUT2D eigenvalue weighted by Crippen LogP contribution is -2.24. The molecule has 7 heteroatoms. The highest BCUT2D eigenvalue weighted by Gasteiger charge is 2.11. The molecule has 3 rings (SSSR count). The van der Waals surface area contributed by atoms with Gasteiger partial charge in [-0.05, 0) is 17.7 Å². The molecule has 0 saturated heterocycles. The van der Waals surface area contributed by atoms with E-state index in [1.807, 2.05) is 0 Å². The lowest BCUT2D eigenvalue weighted by molar-refractivity contribution is 0.0946. The second kappa shape index (κ2) is 5.20. The Morgan fingerprint density at radius 1 is 1.29 bits per heavy atom. The van der Waals surface area contributed by atoms with Gasteiger partial charge in [0.25, 0.3) is 5.91 Å². The van der Waals surface area contributed by atoms with Gasteiger partial charge in [-0.25, -0.2) is 9.37 Å². The summed E-state index contributed by atoms with van der Waals surface area (Å²) in [6, 6.07) is 9.02. The van der Waals surface area contributed by atoms with Crippen molar-refractivity contribution in [2.75, 3.05) is 5.73 Å². The zero-order valence-electron chi connectivity index (χ0n) is 11.0. The number of nitrogens with zero attached hydrogens (tertiary/aromatic N) is 3. The van der Waals surface area contributed by atoms with Crippen LogP contribution in [0.2, 0.25) is 0 Å². The molecule has 0 spiro atoms. The molecule has 21 heavy (non-hydrogen) atoms. The summed E-state index contributed by atoms with van der Waals surface area (Å²) >= 11 is 0. The van der Waals surface area contributed by atoms with Gasteiger partial charge in [-0.15, -0.1) is 0 Å². The van der Waals surface area contributed by atoms with Crippen LogP contribution in [0.25, 0.3) is 5.65 Å². The summed E-state index contributed by atoms with van der Waals surface area (Å²) in [5, 5.41) is 6.69. The molecule has 2 aromatic heterocycles. The average Bonchev–Trinajstić information content (AvgIpc) is 2.95. The van der Waals surface area contributed by atoms with Crippen molar-refractivity contribution in [2.45, 2.75) is 6.54 Å². The molecule has 3 aromatic rings. The Morgan fingerprint density at radius 2 is 2.05 bits per heavy atom. The molecule has 0 atom stereocenters. The van der Waals surface area contributed by atoms with E-state index in [0.29, 0.717) is 11.5 Å². The van der Waals surface area contributed by atoms with Gasteiger partial charge in [-0.3, -0.25) is 4.79 Å². The number of nitrogen functional groups attached to an aromatic ring is 1. The molecule has 0 aliphatic heterocycles. The average molecular weight is 285 g/mol. The van der Waals surface area contributed by atoms with Crippen LogP contribution in [-0.4, -0.2) is 20.5 Å². The van der Waals surface area contributed by atoms with Gasteiger partial charge in [0.15, 0.2) is 5.65 Å². The number of hydrogen-bond donors (Lipinski definition) is 2. The summed E-state index contributed by atoms with van der Waals surface area (Å²) in [7, 11) is 0.